The lowest BCUT2D eigenvalue weighted by Gasteiger charge is -2.08. The number of carbonyl (C=O) groups is 1. The number of para-hydroxylation sites is 2. The molecule has 0 N–H and O–H groups in total. The third kappa shape index (κ3) is 3.86. The van der Waals surface area contributed by atoms with Crippen LogP contribution in [-0.4, -0.2) is 20.5 Å². The third-order valence-electron chi connectivity index (χ3n) is 4.27. The van der Waals surface area contributed by atoms with Gasteiger partial charge in [0.15, 0.2) is 5.82 Å². The number of alkyl halides is 2. The first-order chi connectivity index (χ1) is 13.9. The van der Waals surface area contributed by atoms with Crippen molar-refractivity contribution in [2.24, 2.45) is 0 Å². The largest absolute Gasteiger partial charge is 0.453 e. The Balaban J connectivity index is 1.56. The van der Waals surface area contributed by atoms with Gasteiger partial charge in [0.25, 0.3) is 0 Å². The number of nitrogens with zero attached hydrogens (tertiary/aromatic N) is 3. The molecule has 0 amide bonds. The zero-order valence-corrected chi connectivity index (χ0v) is 16.7. The number of halogens is 3. The van der Waals surface area contributed by atoms with Gasteiger partial charge in [-0.15, -0.1) is 11.3 Å². The van der Waals surface area contributed by atoms with E-state index in [9.17, 15) is 13.6 Å². The van der Waals surface area contributed by atoms with E-state index in [1.165, 1.54) is 11.3 Å². The second-order valence-corrected chi connectivity index (χ2v) is 7.62. The number of ether oxygens (including phenoxy) is 1. The zero-order valence-electron chi connectivity index (χ0n) is 15.1. The molecule has 0 fully saturated rings. The van der Waals surface area contributed by atoms with Gasteiger partial charge in [0, 0.05) is 10.6 Å². The SMILES string of the molecule is Cc1nc(-c2ccc(Cl)cc2)sc1C(=O)OCc1nc2ccccc2n1C(F)F. The van der Waals surface area contributed by atoms with Gasteiger partial charge >= 0.3 is 12.5 Å². The third-order valence-corrected chi connectivity index (χ3v) is 5.71. The van der Waals surface area contributed by atoms with Crippen molar-refractivity contribution in [3.63, 3.8) is 0 Å². The quantitative estimate of drug-likeness (QED) is 0.369. The molecule has 0 unspecified atom stereocenters. The standard InChI is InChI=1S/C20H14ClF2N3O2S/c1-11-17(29-18(24-11)12-6-8-13(21)9-7-12)19(27)28-10-16-25-14-4-2-3-5-15(14)26(16)20(22)23/h2-9,20H,10H2,1H3. The van der Waals surface area contributed by atoms with E-state index in [2.05, 4.69) is 9.97 Å². The number of hydrogen-bond acceptors (Lipinski definition) is 5. The van der Waals surface area contributed by atoms with Crippen molar-refractivity contribution >= 4 is 39.9 Å². The summed E-state index contributed by atoms with van der Waals surface area (Å²) in [4.78, 5) is 21.4. The van der Waals surface area contributed by atoms with Crippen LogP contribution < -0.4 is 0 Å². The fourth-order valence-corrected chi connectivity index (χ4v) is 4.00. The molecule has 0 saturated carbocycles. The fraction of sp³-hybridized carbons (Fsp3) is 0.150. The number of hydrogen-bond donors (Lipinski definition) is 0. The predicted octanol–water partition coefficient (Wildman–Crippen LogP) is 5.87. The summed E-state index contributed by atoms with van der Waals surface area (Å²) in [6.45, 7) is -1.47. The van der Waals surface area contributed by atoms with Crippen LogP contribution in [0.1, 0.15) is 27.7 Å². The molecular formula is C20H14ClF2N3O2S. The van der Waals surface area contributed by atoms with Crippen LogP contribution >= 0.6 is 22.9 Å². The van der Waals surface area contributed by atoms with Crippen LogP contribution in [-0.2, 0) is 11.3 Å². The lowest BCUT2D eigenvalue weighted by Crippen LogP contribution is -2.10. The number of aromatic nitrogens is 3. The Bertz CT molecular complexity index is 1190. The molecule has 4 aromatic rings. The first-order valence-corrected chi connectivity index (χ1v) is 9.78. The summed E-state index contributed by atoms with van der Waals surface area (Å²) in [5.41, 5.74) is 2.03. The van der Waals surface area contributed by atoms with Crippen LogP contribution in [0.15, 0.2) is 48.5 Å². The number of esters is 1. The van der Waals surface area contributed by atoms with Crippen molar-refractivity contribution in [2.75, 3.05) is 0 Å². The highest BCUT2D eigenvalue weighted by Gasteiger charge is 2.21. The van der Waals surface area contributed by atoms with Crippen molar-refractivity contribution in [2.45, 2.75) is 20.1 Å². The number of benzene rings is 2. The molecule has 0 aliphatic carbocycles. The Labute approximate surface area is 173 Å². The van der Waals surface area contributed by atoms with E-state index in [-0.39, 0.29) is 17.9 Å². The Kier molecular flexibility index (Phi) is 5.29. The van der Waals surface area contributed by atoms with Gasteiger partial charge in [-0.2, -0.15) is 8.78 Å². The summed E-state index contributed by atoms with van der Waals surface area (Å²) in [7, 11) is 0. The van der Waals surface area contributed by atoms with Crippen LogP contribution in [0.2, 0.25) is 5.02 Å². The second kappa shape index (κ2) is 7.88. The molecule has 0 spiro atoms. The smallest absolute Gasteiger partial charge is 0.350 e. The van der Waals surface area contributed by atoms with E-state index in [0.717, 1.165) is 10.1 Å². The van der Waals surface area contributed by atoms with E-state index in [0.29, 0.717) is 26.1 Å². The number of imidazole rings is 1. The molecule has 0 atom stereocenters. The van der Waals surface area contributed by atoms with E-state index in [4.69, 9.17) is 16.3 Å². The molecule has 29 heavy (non-hydrogen) atoms. The highest BCUT2D eigenvalue weighted by molar-refractivity contribution is 7.17. The van der Waals surface area contributed by atoms with Crippen LogP contribution in [0, 0.1) is 6.92 Å². The zero-order chi connectivity index (χ0) is 20.5. The first-order valence-electron chi connectivity index (χ1n) is 8.58. The molecule has 5 nitrogen and oxygen atoms in total. The van der Waals surface area contributed by atoms with Crippen molar-refractivity contribution in [3.8, 4) is 10.6 Å². The molecule has 0 saturated heterocycles. The minimum Gasteiger partial charge on any atom is -0.453 e. The monoisotopic (exact) mass is 433 g/mol. The van der Waals surface area contributed by atoms with E-state index >= 15 is 0 Å². The number of carbonyl (C=O) groups excluding carboxylic acids is 1. The van der Waals surface area contributed by atoms with Crippen molar-refractivity contribution in [1.29, 1.82) is 0 Å². The summed E-state index contributed by atoms with van der Waals surface area (Å²) < 4.78 is 33.0. The summed E-state index contributed by atoms with van der Waals surface area (Å²) in [6.07, 6.45) is 0. The summed E-state index contributed by atoms with van der Waals surface area (Å²) in [5.74, 6) is -0.650. The molecule has 4 rings (SSSR count). The maximum absolute atomic E-state index is 13.5. The molecule has 2 aromatic heterocycles. The van der Waals surface area contributed by atoms with Crippen molar-refractivity contribution in [3.05, 3.63) is 69.9 Å². The molecule has 0 radical (unpaired) electrons. The maximum Gasteiger partial charge on any atom is 0.350 e. The molecule has 0 aliphatic rings. The normalized spacial score (nSPS) is 11.3. The van der Waals surface area contributed by atoms with Crippen LogP contribution in [0.3, 0.4) is 0 Å². The summed E-state index contributed by atoms with van der Waals surface area (Å²) in [6, 6.07) is 13.6. The highest BCUT2D eigenvalue weighted by Crippen LogP contribution is 2.30. The summed E-state index contributed by atoms with van der Waals surface area (Å²) >= 11 is 7.07. The van der Waals surface area contributed by atoms with Gasteiger partial charge in [-0.3, -0.25) is 4.57 Å². The van der Waals surface area contributed by atoms with Gasteiger partial charge in [-0.05, 0) is 31.2 Å². The number of rotatable bonds is 5. The van der Waals surface area contributed by atoms with Gasteiger partial charge in [0.1, 0.15) is 16.5 Å². The fourth-order valence-electron chi connectivity index (χ4n) is 2.91. The van der Waals surface area contributed by atoms with Gasteiger partial charge in [-0.1, -0.05) is 35.9 Å². The van der Waals surface area contributed by atoms with E-state index in [1.807, 2.05) is 0 Å². The molecule has 9 heteroatoms. The lowest BCUT2D eigenvalue weighted by atomic mass is 10.2. The minimum absolute atomic E-state index is 0.0188. The molecule has 148 valence electrons. The van der Waals surface area contributed by atoms with Crippen LogP contribution in [0.5, 0.6) is 0 Å². The van der Waals surface area contributed by atoms with Crippen molar-refractivity contribution < 1.29 is 18.3 Å². The van der Waals surface area contributed by atoms with Gasteiger partial charge in [-0.25, -0.2) is 14.8 Å². The second-order valence-electron chi connectivity index (χ2n) is 6.18. The van der Waals surface area contributed by atoms with Crippen LogP contribution in [0.4, 0.5) is 8.78 Å². The number of aryl methyl sites for hydroxylation is 1. The lowest BCUT2D eigenvalue weighted by molar-refractivity contribution is 0.0391. The van der Waals surface area contributed by atoms with Crippen molar-refractivity contribution in [1.82, 2.24) is 14.5 Å². The average Bonchev–Trinajstić information content (AvgIpc) is 3.27. The number of thiazole rings is 1. The Hall–Kier alpha value is -2.84. The van der Waals surface area contributed by atoms with Gasteiger partial charge in [0.2, 0.25) is 0 Å². The van der Waals surface area contributed by atoms with Crippen LogP contribution in [0.25, 0.3) is 21.6 Å². The average molecular weight is 434 g/mol. The molecule has 0 bridgehead atoms. The molecule has 2 aromatic carbocycles. The molecule has 2 heterocycles. The maximum atomic E-state index is 13.5. The Morgan fingerprint density at radius 1 is 1.17 bits per heavy atom. The predicted molar refractivity (Wildman–Crippen MR) is 107 cm³/mol. The molecular weight excluding hydrogens is 420 g/mol. The Morgan fingerprint density at radius 2 is 1.90 bits per heavy atom. The Morgan fingerprint density at radius 3 is 2.62 bits per heavy atom. The topological polar surface area (TPSA) is 57.0 Å². The molecule has 0 aliphatic heterocycles. The van der Waals surface area contributed by atoms with Gasteiger partial charge < -0.3 is 4.74 Å². The van der Waals surface area contributed by atoms with E-state index < -0.39 is 12.5 Å². The van der Waals surface area contributed by atoms with E-state index in [1.54, 1.807) is 55.5 Å². The van der Waals surface area contributed by atoms with Gasteiger partial charge in [0.05, 0.1) is 16.7 Å². The first kappa shape index (κ1) is 19.5. The highest BCUT2D eigenvalue weighted by atomic mass is 35.5. The summed E-state index contributed by atoms with van der Waals surface area (Å²) in [5, 5.41) is 1.24. The minimum atomic E-state index is -2.79. The number of fused-ring (bicyclic) bond motifs is 1.